The molecule has 4 heteroatoms. The van der Waals surface area contributed by atoms with Gasteiger partial charge in [0.05, 0.1) is 17.9 Å². The Morgan fingerprint density at radius 3 is 2.43 bits per heavy atom. The number of para-hydroxylation sites is 1. The molecule has 0 bridgehead atoms. The van der Waals surface area contributed by atoms with Crippen molar-refractivity contribution in [1.82, 2.24) is 4.98 Å². The molecule has 0 radical (unpaired) electrons. The molecule has 0 unspecified atom stereocenters. The second-order valence-electron chi connectivity index (χ2n) is 5.69. The van der Waals surface area contributed by atoms with E-state index in [0.29, 0.717) is 17.8 Å². The van der Waals surface area contributed by atoms with Gasteiger partial charge in [0.2, 0.25) is 5.60 Å². The number of nitrogens with one attached hydrogen (secondary N) is 1. The van der Waals surface area contributed by atoms with E-state index in [0.717, 1.165) is 11.3 Å². The van der Waals surface area contributed by atoms with E-state index in [-0.39, 0.29) is 5.91 Å². The average molecular weight is 304 g/mol. The van der Waals surface area contributed by atoms with Crippen molar-refractivity contribution >= 4 is 11.6 Å². The molecule has 0 aliphatic carbocycles. The summed E-state index contributed by atoms with van der Waals surface area (Å²) in [5, 5.41) is 11.2. The van der Waals surface area contributed by atoms with Crippen molar-refractivity contribution in [3.05, 3.63) is 89.7 Å². The highest BCUT2D eigenvalue weighted by Crippen LogP contribution is 2.44. The Balaban J connectivity index is 1.82. The first-order chi connectivity index (χ1) is 11.2. The number of fused-ring (bicyclic) bond motifs is 1. The summed E-state index contributed by atoms with van der Waals surface area (Å²) in [4.78, 5) is 17.7. The van der Waals surface area contributed by atoms with Gasteiger partial charge in [-0.1, -0.05) is 48.5 Å². The maximum absolute atomic E-state index is 13.0. The van der Waals surface area contributed by atoms with Gasteiger partial charge in [0, 0.05) is 11.8 Å². The van der Waals surface area contributed by atoms with E-state index in [1.165, 1.54) is 0 Å². The van der Waals surface area contributed by atoms with Crippen molar-refractivity contribution < 1.29 is 9.90 Å². The molecule has 1 amide bonds. The van der Waals surface area contributed by atoms with E-state index in [9.17, 15) is 9.90 Å². The smallest absolute Gasteiger partial charge is 0.270 e. The number of aromatic amines is 1. The number of carbonyl (C=O) groups excluding carboxylic acids is 1. The van der Waals surface area contributed by atoms with Crippen LogP contribution in [0.2, 0.25) is 0 Å². The molecule has 1 aliphatic rings. The highest BCUT2D eigenvalue weighted by atomic mass is 16.3. The van der Waals surface area contributed by atoms with Gasteiger partial charge in [-0.15, -0.1) is 0 Å². The molecule has 1 aliphatic heterocycles. The average Bonchev–Trinajstić information content (AvgIpc) is 3.20. The molecule has 0 saturated carbocycles. The van der Waals surface area contributed by atoms with Crippen LogP contribution >= 0.6 is 0 Å². The van der Waals surface area contributed by atoms with Crippen molar-refractivity contribution in [2.45, 2.75) is 12.1 Å². The maximum atomic E-state index is 13.0. The molecule has 0 fully saturated rings. The Hall–Kier alpha value is -2.85. The summed E-state index contributed by atoms with van der Waals surface area (Å²) in [7, 11) is 0. The summed E-state index contributed by atoms with van der Waals surface area (Å²) in [5.74, 6) is -0.329. The van der Waals surface area contributed by atoms with Crippen LogP contribution in [-0.2, 0) is 16.9 Å². The number of hydrogen-bond donors (Lipinski definition) is 2. The number of anilines is 1. The lowest BCUT2D eigenvalue weighted by Crippen LogP contribution is -2.41. The minimum atomic E-state index is -1.66. The molecule has 2 N–H and O–H groups in total. The van der Waals surface area contributed by atoms with Crippen LogP contribution in [0.3, 0.4) is 0 Å². The summed E-state index contributed by atoms with van der Waals surface area (Å²) < 4.78 is 0. The molecular weight excluding hydrogens is 288 g/mol. The summed E-state index contributed by atoms with van der Waals surface area (Å²) in [6.07, 6.45) is 1.71. The van der Waals surface area contributed by atoms with Gasteiger partial charge in [-0.25, -0.2) is 0 Å². The van der Waals surface area contributed by atoms with Crippen molar-refractivity contribution in [3.63, 3.8) is 0 Å². The van der Waals surface area contributed by atoms with Crippen LogP contribution in [0.25, 0.3) is 0 Å². The number of rotatable bonds is 3. The lowest BCUT2D eigenvalue weighted by Gasteiger charge is -2.22. The van der Waals surface area contributed by atoms with Gasteiger partial charge in [-0.3, -0.25) is 4.79 Å². The SMILES string of the molecule is O=C1N(Cc2ccccc2)c2ccccc2[C@]1(O)c1ccc[nH]1. The molecule has 4 nitrogen and oxygen atoms in total. The second kappa shape index (κ2) is 5.11. The van der Waals surface area contributed by atoms with Crippen LogP contribution in [0.5, 0.6) is 0 Å². The highest BCUT2D eigenvalue weighted by molar-refractivity contribution is 6.08. The zero-order chi connectivity index (χ0) is 15.9. The van der Waals surface area contributed by atoms with Crippen LogP contribution in [-0.4, -0.2) is 16.0 Å². The number of hydrogen-bond acceptors (Lipinski definition) is 2. The van der Waals surface area contributed by atoms with Crippen LogP contribution in [0.4, 0.5) is 5.69 Å². The van der Waals surface area contributed by atoms with Gasteiger partial charge < -0.3 is 15.0 Å². The van der Waals surface area contributed by atoms with Gasteiger partial charge in [0.15, 0.2) is 0 Å². The number of nitrogens with zero attached hydrogens (tertiary/aromatic N) is 1. The van der Waals surface area contributed by atoms with E-state index in [1.807, 2.05) is 48.5 Å². The molecule has 2 heterocycles. The Labute approximate surface area is 134 Å². The Kier molecular flexibility index (Phi) is 3.06. The molecular formula is C19H16N2O2. The van der Waals surface area contributed by atoms with Crippen molar-refractivity contribution in [2.75, 3.05) is 4.90 Å². The van der Waals surface area contributed by atoms with Gasteiger partial charge in [-0.2, -0.15) is 0 Å². The Morgan fingerprint density at radius 1 is 0.957 bits per heavy atom. The van der Waals surface area contributed by atoms with E-state index < -0.39 is 5.60 Å². The predicted molar refractivity (Wildman–Crippen MR) is 87.9 cm³/mol. The van der Waals surface area contributed by atoms with E-state index in [4.69, 9.17) is 0 Å². The van der Waals surface area contributed by atoms with Gasteiger partial charge in [-0.05, 0) is 23.8 Å². The number of aromatic nitrogens is 1. The monoisotopic (exact) mass is 304 g/mol. The third-order valence-corrected chi connectivity index (χ3v) is 4.31. The third-order valence-electron chi connectivity index (χ3n) is 4.31. The molecule has 3 aromatic rings. The van der Waals surface area contributed by atoms with Gasteiger partial charge in [0.25, 0.3) is 5.91 Å². The highest BCUT2D eigenvalue weighted by Gasteiger charge is 2.51. The largest absolute Gasteiger partial charge is 0.371 e. The fourth-order valence-electron chi connectivity index (χ4n) is 3.17. The standard InChI is InChI=1S/C19H16N2O2/c22-18-19(23,17-11-6-12-20-17)15-9-4-5-10-16(15)21(18)13-14-7-2-1-3-8-14/h1-12,20,23H,13H2/t19-/m0/s1. The molecule has 23 heavy (non-hydrogen) atoms. The second-order valence-corrected chi connectivity index (χ2v) is 5.69. The van der Waals surface area contributed by atoms with Crippen molar-refractivity contribution in [1.29, 1.82) is 0 Å². The lowest BCUT2D eigenvalue weighted by molar-refractivity contribution is -0.132. The maximum Gasteiger partial charge on any atom is 0.270 e. The molecule has 1 aromatic heterocycles. The molecule has 0 saturated heterocycles. The predicted octanol–water partition coefficient (Wildman–Crippen LogP) is 2.80. The fourth-order valence-corrected chi connectivity index (χ4v) is 3.17. The Morgan fingerprint density at radius 2 is 1.70 bits per heavy atom. The fraction of sp³-hybridized carbons (Fsp3) is 0.105. The minimum Gasteiger partial charge on any atom is -0.371 e. The van der Waals surface area contributed by atoms with Crippen LogP contribution in [0, 0.1) is 0 Å². The van der Waals surface area contributed by atoms with E-state index >= 15 is 0 Å². The number of aliphatic hydroxyl groups is 1. The first-order valence-electron chi connectivity index (χ1n) is 7.53. The topological polar surface area (TPSA) is 56.3 Å². The first kappa shape index (κ1) is 13.8. The third kappa shape index (κ3) is 1.99. The molecule has 2 aromatic carbocycles. The van der Waals surface area contributed by atoms with Crippen LogP contribution < -0.4 is 4.90 Å². The summed E-state index contributed by atoms with van der Waals surface area (Å²) >= 11 is 0. The van der Waals surface area contributed by atoms with Crippen molar-refractivity contribution in [3.8, 4) is 0 Å². The summed E-state index contributed by atoms with van der Waals surface area (Å²) in [6.45, 7) is 0.430. The quantitative estimate of drug-likeness (QED) is 0.782. The van der Waals surface area contributed by atoms with E-state index in [1.54, 1.807) is 29.3 Å². The number of amides is 1. The molecule has 114 valence electrons. The zero-order valence-electron chi connectivity index (χ0n) is 12.4. The number of benzene rings is 2. The molecule has 0 spiro atoms. The molecule has 4 rings (SSSR count). The zero-order valence-corrected chi connectivity index (χ0v) is 12.4. The summed E-state index contributed by atoms with van der Waals surface area (Å²) in [5.41, 5.74) is 1.22. The number of H-pyrrole nitrogens is 1. The molecule has 1 atom stereocenters. The van der Waals surface area contributed by atoms with E-state index in [2.05, 4.69) is 4.98 Å². The first-order valence-corrected chi connectivity index (χ1v) is 7.53. The normalized spacial score (nSPS) is 19.9. The minimum absolute atomic E-state index is 0.329. The van der Waals surface area contributed by atoms with Crippen LogP contribution in [0.1, 0.15) is 16.8 Å². The van der Waals surface area contributed by atoms with Crippen LogP contribution in [0.15, 0.2) is 72.9 Å². The Bertz CT molecular complexity index is 843. The van der Waals surface area contributed by atoms with Gasteiger partial charge in [0.1, 0.15) is 0 Å². The number of carbonyl (C=O) groups is 1. The van der Waals surface area contributed by atoms with Crippen molar-refractivity contribution in [2.24, 2.45) is 0 Å². The lowest BCUT2D eigenvalue weighted by atomic mass is 9.92. The van der Waals surface area contributed by atoms with Gasteiger partial charge >= 0.3 is 0 Å². The summed E-state index contributed by atoms with van der Waals surface area (Å²) in [6, 6.07) is 20.7.